The van der Waals surface area contributed by atoms with Crippen molar-refractivity contribution in [3.05, 3.63) is 29.6 Å². The van der Waals surface area contributed by atoms with E-state index in [1.807, 2.05) is 6.92 Å². The molecule has 2 rings (SSSR count). The van der Waals surface area contributed by atoms with Crippen LogP contribution in [0.3, 0.4) is 0 Å². The molecule has 0 radical (unpaired) electrons. The standard InChI is InChI=1S/C11H13FN2O/c1-7-2-5-9(12)10(6-7)14-11(15)13-8-3-4-8/h2,5-6,8H,3-4H2,1H3,(H2,13,14,15). The maximum absolute atomic E-state index is 13.2. The smallest absolute Gasteiger partial charge is 0.319 e. The zero-order valence-corrected chi connectivity index (χ0v) is 8.51. The molecule has 0 saturated heterocycles. The number of carbonyl (C=O) groups excluding carboxylic acids is 1. The molecular formula is C11H13FN2O. The highest BCUT2D eigenvalue weighted by atomic mass is 19.1. The van der Waals surface area contributed by atoms with Gasteiger partial charge in [0, 0.05) is 6.04 Å². The first-order chi connectivity index (χ1) is 7.15. The van der Waals surface area contributed by atoms with Crippen LogP contribution in [0.1, 0.15) is 18.4 Å². The minimum atomic E-state index is -0.411. The summed E-state index contributed by atoms with van der Waals surface area (Å²) in [6, 6.07) is 4.57. The molecule has 1 aliphatic carbocycles. The number of aryl methyl sites for hydroxylation is 1. The average molecular weight is 208 g/mol. The van der Waals surface area contributed by atoms with Gasteiger partial charge in [-0.05, 0) is 37.5 Å². The Labute approximate surface area is 87.7 Å². The molecule has 0 aromatic heterocycles. The third kappa shape index (κ3) is 2.68. The maximum atomic E-state index is 13.2. The van der Waals surface area contributed by atoms with Crippen LogP contribution in [0.15, 0.2) is 18.2 Å². The molecule has 0 aliphatic heterocycles. The van der Waals surface area contributed by atoms with Crippen molar-refractivity contribution in [3.8, 4) is 0 Å². The Morgan fingerprint density at radius 1 is 1.47 bits per heavy atom. The Morgan fingerprint density at radius 3 is 2.87 bits per heavy atom. The summed E-state index contributed by atoms with van der Waals surface area (Å²) in [6.07, 6.45) is 2.04. The van der Waals surface area contributed by atoms with Crippen LogP contribution in [-0.2, 0) is 0 Å². The zero-order chi connectivity index (χ0) is 10.8. The molecular weight excluding hydrogens is 195 g/mol. The fourth-order valence-electron chi connectivity index (χ4n) is 1.31. The molecule has 4 heteroatoms. The molecule has 15 heavy (non-hydrogen) atoms. The summed E-state index contributed by atoms with van der Waals surface area (Å²) in [7, 11) is 0. The van der Waals surface area contributed by atoms with Crippen molar-refractivity contribution in [3.63, 3.8) is 0 Å². The summed E-state index contributed by atoms with van der Waals surface area (Å²) in [5.41, 5.74) is 1.14. The van der Waals surface area contributed by atoms with E-state index >= 15 is 0 Å². The Hall–Kier alpha value is -1.58. The van der Waals surface area contributed by atoms with Crippen molar-refractivity contribution in [2.45, 2.75) is 25.8 Å². The molecule has 1 saturated carbocycles. The zero-order valence-electron chi connectivity index (χ0n) is 8.51. The van der Waals surface area contributed by atoms with Gasteiger partial charge in [-0.3, -0.25) is 0 Å². The molecule has 1 aromatic carbocycles. The Morgan fingerprint density at radius 2 is 2.20 bits per heavy atom. The molecule has 1 fully saturated rings. The van der Waals surface area contributed by atoms with E-state index in [4.69, 9.17) is 0 Å². The predicted octanol–water partition coefficient (Wildman–Crippen LogP) is 2.42. The molecule has 0 heterocycles. The van der Waals surface area contributed by atoms with Gasteiger partial charge in [-0.25, -0.2) is 9.18 Å². The van der Waals surface area contributed by atoms with Gasteiger partial charge in [0.05, 0.1) is 5.69 Å². The lowest BCUT2D eigenvalue weighted by Gasteiger charge is -2.07. The summed E-state index contributed by atoms with van der Waals surface area (Å²) in [5, 5.41) is 5.23. The van der Waals surface area contributed by atoms with Gasteiger partial charge in [0.2, 0.25) is 0 Å². The molecule has 2 N–H and O–H groups in total. The number of rotatable bonds is 2. The number of hydrogen-bond donors (Lipinski definition) is 2. The van der Waals surface area contributed by atoms with E-state index in [0.29, 0.717) is 0 Å². The first-order valence-corrected chi connectivity index (χ1v) is 4.99. The number of hydrogen-bond acceptors (Lipinski definition) is 1. The third-order valence-corrected chi connectivity index (χ3v) is 2.28. The van der Waals surface area contributed by atoms with E-state index in [0.717, 1.165) is 18.4 Å². The predicted molar refractivity (Wildman–Crippen MR) is 56.3 cm³/mol. The first kappa shape index (κ1) is 9.96. The van der Waals surface area contributed by atoms with Crippen LogP contribution < -0.4 is 10.6 Å². The van der Waals surface area contributed by atoms with Crippen LogP contribution in [-0.4, -0.2) is 12.1 Å². The topological polar surface area (TPSA) is 41.1 Å². The lowest BCUT2D eigenvalue weighted by molar-refractivity contribution is 0.251. The van der Waals surface area contributed by atoms with Gasteiger partial charge in [0.1, 0.15) is 5.82 Å². The number of nitrogens with one attached hydrogen (secondary N) is 2. The highest BCUT2D eigenvalue weighted by Crippen LogP contribution is 2.19. The van der Waals surface area contributed by atoms with Gasteiger partial charge < -0.3 is 10.6 Å². The summed E-state index contributed by atoms with van der Waals surface area (Å²) >= 11 is 0. The van der Waals surface area contributed by atoms with Gasteiger partial charge in [-0.1, -0.05) is 6.07 Å². The molecule has 0 bridgehead atoms. The van der Waals surface area contributed by atoms with Crippen LogP contribution >= 0.6 is 0 Å². The summed E-state index contributed by atoms with van der Waals surface area (Å²) < 4.78 is 13.2. The molecule has 0 unspecified atom stereocenters. The molecule has 3 nitrogen and oxygen atoms in total. The minimum absolute atomic E-state index is 0.230. The Balaban J connectivity index is 2.01. The molecule has 0 atom stereocenters. The van der Waals surface area contributed by atoms with Crippen LogP contribution in [0.4, 0.5) is 14.9 Å². The van der Waals surface area contributed by atoms with Crippen LogP contribution in [0.5, 0.6) is 0 Å². The molecule has 1 aromatic rings. The van der Waals surface area contributed by atoms with Gasteiger partial charge in [0.15, 0.2) is 0 Å². The van der Waals surface area contributed by atoms with E-state index in [-0.39, 0.29) is 17.8 Å². The van der Waals surface area contributed by atoms with Crippen LogP contribution in [0, 0.1) is 12.7 Å². The third-order valence-electron chi connectivity index (χ3n) is 2.28. The van der Waals surface area contributed by atoms with Gasteiger partial charge in [0.25, 0.3) is 0 Å². The first-order valence-electron chi connectivity index (χ1n) is 4.99. The number of carbonyl (C=O) groups is 1. The van der Waals surface area contributed by atoms with E-state index < -0.39 is 5.82 Å². The van der Waals surface area contributed by atoms with E-state index in [9.17, 15) is 9.18 Å². The molecule has 80 valence electrons. The summed E-state index contributed by atoms with van der Waals surface area (Å²) in [6.45, 7) is 1.85. The van der Waals surface area contributed by atoms with Crippen molar-refractivity contribution in [2.24, 2.45) is 0 Å². The van der Waals surface area contributed by atoms with Gasteiger partial charge in [-0.15, -0.1) is 0 Å². The summed E-state index contributed by atoms with van der Waals surface area (Å²) in [4.78, 5) is 11.3. The second-order valence-corrected chi connectivity index (χ2v) is 3.86. The van der Waals surface area contributed by atoms with Gasteiger partial charge >= 0.3 is 6.03 Å². The second kappa shape index (κ2) is 3.88. The molecule has 0 spiro atoms. The Kier molecular flexibility index (Phi) is 2.58. The Bertz CT molecular complexity index is 388. The van der Waals surface area contributed by atoms with Crippen molar-refractivity contribution < 1.29 is 9.18 Å². The number of halogens is 1. The largest absolute Gasteiger partial charge is 0.335 e. The molecule has 1 aliphatic rings. The number of amides is 2. The minimum Gasteiger partial charge on any atom is -0.335 e. The monoisotopic (exact) mass is 208 g/mol. The second-order valence-electron chi connectivity index (χ2n) is 3.86. The normalized spacial score (nSPS) is 14.8. The van der Waals surface area contributed by atoms with E-state index in [1.165, 1.54) is 6.07 Å². The summed E-state index contributed by atoms with van der Waals surface area (Å²) in [5.74, 6) is -0.411. The average Bonchev–Trinajstić information content (AvgIpc) is 2.95. The fourth-order valence-corrected chi connectivity index (χ4v) is 1.31. The van der Waals surface area contributed by atoms with Crippen molar-refractivity contribution in [1.82, 2.24) is 5.32 Å². The lowest BCUT2D eigenvalue weighted by Crippen LogP contribution is -2.30. The SMILES string of the molecule is Cc1ccc(F)c(NC(=O)NC2CC2)c1. The number of benzene rings is 1. The molecule has 2 amide bonds. The van der Waals surface area contributed by atoms with E-state index in [2.05, 4.69) is 10.6 Å². The lowest BCUT2D eigenvalue weighted by atomic mass is 10.2. The maximum Gasteiger partial charge on any atom is 0.319 e. The van der Waals surface area contributed by atoms with Crippen molar-refractivity contribution in [2.75, 3.05) is 5.32 Å². The van der Waals surface area contributed by atoms with Gasteiger partial charge in [-0.2, -0.15) is 0 Å². The van der Waals surface area contributed by atoms with Crippen LogP contribution in [0.25, 0.3) is 0 Å². The van der Waals surface area contributed by atoms with Crippen molar-refractivity contribution in [1.29, 1.82) is 0 Å². The fraction of sp³-hybridized carbons (Fsp3) is 0.364. The van der Waals surface area contributed by atoms with Crippen molar-refractivity contribution >= 4 is 11.7 Å². The highest BCUT2D eigenvalue weighted by molar-refractivity contribution is 5.89. The quantitative estimate of drug-likeness (QED) is 0.770. The highest BCUT2D eigenvalue weighted by Gasteiger charge is 2.23. The van der Waals surface area contributed by atoms with Crippen LogP contribution in [0.2, 0.25) is 0 Å². The van der Waals surface area contributed by atoms with E-state index in [1.54, 1.807) is 12.1 Å². The number of urea groups is 1. The number of anilines is 1.